The summed E-state index contributed by atoms with van der Waals surface area (Å²) in [5.74, 6) is 0. The molecule has 0 saturated heterocycles. The second-order valence-electron chi connectivity index (χ2n) is 3.63. The van der Waals surface area contributed by atoms with Gasteiger partial charge in [-0.3, -0.25) is 0 Å². The Morgan fingerprint density at radius 2 is 2.33 bits per heavy atom. The molecule has 0 amide bonds. The molecule has 4 nitrogen and oxygen atoms in total. The Bertz CT molecular complexity index is 435. The lowest BCUT2D eigenvalue weighted by Crippen LogP contribution is -2.26. The molecule has 1 heterocycles. The highest BCUT2D eigenvalue weighted by atomic mass is 15.1. The van der Waals surface area contributed by atoms with Crippen molar-refractivity contribution in [3.63, 3.8) is 0 Å². The summed E-state index contributed by atoms with van der Waals surface area (Å²) in [7, 11) is 4.06. The zero-order valence-corrected chi connectivity index (χ0v) is 9.12. The van der Waals surface area contributed by atoms with Crippen LogP contribution < -0.4 is 10.2 Å². The first-order valence-corrected chi connectivity index (χ1v) is 5.10. The van der Waals surface area contributed by atoms with Crippen molar-refractivity contribution in [1.29, 1.82) is 0 Å². The molecule has 15 heavy (non-hydrogen) atoms. The van der Waals surface area contributed by atoms with E-state index in [1.165, 1.54) is 5.69 Å². The van der Waals surface area contributed by atoms with Crippen LogP contribution in [0.25, 0.3) is 11.0 Å². The molecule has 0 spiro atoms. The van der Waals surface area contributed by atoms with Gasteiger partial charge in [0, 0.05) is 25.8 Å². The molecule has 2 N–H and O–H groups in total. The van der Waals surface area contributed by atoms with Crippen LogP contribution in [0.4, 0.5) is 5.69 Å². The van der Waals surface area contributed by atoms with Gasteiger partial charge in [0.2, 0.25) is 0 Å². The molecule has 0 aliphatic heterocycles. The molecule has 0 aliphatic carbocycles. The van der Waals surface area contributed by atoms with Gasteiger partial charge in [0.1, 0.15) is 0 Å². The van der Waals surface area contributed by atoms with Gasteiger partial charge < -0.3 is 15.2 Å². The minimum Gasteiger partial charge on any atom is -0.373 e. The molecule has 0 radical (unpaired) electrons. The van der Waals surface area contributed by atoms with Gasteiger partial charge in [0.05, 0.1) is 17.4 Å². The molecule has 4 heteroatoms. The fraction of sp³-hybridized carbons (Fsp3) is 0.364. The largest absolute Gasteiger partial charge is 0.373 e. The van der Waals surface area contributed by atoms with Crippen molar-refractivity contribution < 1.29 is 0 Å². The Kier molecular flexibility index (Phi) is 2.87. The number of benzene rings is 1. The molecule has 2 rings (SSSR count). The Balaban J connectivity index is 2.19. The zero-order valence-electron chi connectivity index (χ0n) is 9.12. The number of hydrogen-bond donors (Lipinski definition) is 2. The number of hydrogen-bond acceptors (Lipinski definition) is 3. The molecule has 80 valence electrons. The van der Waals surface area contributed by atoms with Gasteiger partial charge >= 0.3 is 0 Å². The van der Waals surface area contributed by atoms with Crippen LogP contribution in [0.3, 0.4) is 0 Å². The lowest BCUT2D eigenvalue weighted by molar-refractivity contribution is 0.768. The van der Waals surface area contributed by atoms with Gasteiger partial charge in [0.25, 0.3) is 0 Å². The smallest absolute Gasteiger partial charge is 0.0931 e. The van der Waals surface area contributed by atoms with Crippen molar-refractivity contribution in [1.82, 2.24) is 15.3 Å². The minimum absolute atomic E-state index is 0.984. The molecular formula is C11H16N4. The summed E-state index contributed by atoms with van der Waals surface area (Å²) < 4.78 is 0. The topological polar surface area (TPSA) is 44.0 Å². The van der Waals surface area contributed by atoms with Crippen LogP contribution in [0.5, 0.6) is 0 Å². The lowest BCUT2D eigenvalue weighted by atomic mass is 10.2. The summed E-state index contributed by atoms with van der Waals surface area (Å²) in [4.78, 5) is 9.53. The Hall–Kier alpha value is -1.55. The van der Waals surface area contributed by atoms with Gasteiger partial charge in [-0.25, -0.2) is 4.98 Å². The summed E-state index contributed by atoms with van der Waals surface area (Å²) in [6.45, 7) is 1.98. The van der Waals surface area contributed by atoms with E-state index in [0.29, 0.717) is 0 Å². The second kappa shape index (κ2) is 4.31. The standard InChI is InChI=1S/C11H16N4/c1-12-5-6-15(2)9-3-4-10-11(7-9)14-8-13-10/h3-4,7-8,12H,5-6H2,1-2H3,(H,13,14). The summed E-state index contributed by atoms with van der Waals surface area (Å²) in [6.07, 6.45) is 1.72. The SMILES string of the molecule is CNCCN(C)c1ccc2nc[nH]c2c1. The lowest BCUT2D eigenvalue weighted by Gasteiger charge is -2.18. The molecular weight excluding hydrogens is 188 g/mol. The summed E-state index contributed by atoms with van der Waals surface area (Å²) >= 11 is 0. The van der Waals surface area contributed by atoms with E-state index in [-0.39, 0.29) is 0 Å². The molecule has 0 atom stereocenters. The third-order valence-corrected chi connectivity index (χ3v) is 2.54. The highest BCUT2D eigenvalue weighted by Crippen LogP contribution is 2.18. The number of aromatic amines is 1. The van der Waals surface area contributed by atoms with Gasteiger partial charge in [-0.1, -0.05) is 0 Å². The number of nitrogens with zero attached hydrogens (tertiary/aromatic N) is 2. The number of aromatic nitrogens is 2. The number of imidazole rings is 1. The second-order valence-corrected chi connectivity index (χ2v) is 3.63. The third-order valence-electron chi connectivity index (χ3n) is 2.54. The first kappa shape index (κ1) is 9.98. The first-order valence-electron chi connectivity index (χ1n) is 5.10. The third kappa shape index (κ3) is 2.10. The van der Waals surface area contributed by atoms with Gasteiger partial charge in [-0.15, -0.1) is 0 Å². The highest BCUT2D eigenvalue weighted by Gasteiger charge is 2.02. The number of nitrogens with one attached hydrogen (secondary N) is 2. The number of likely N-dealkylation sites (N-methyl/N-ethyl adjacent to an activating group) is 2. The van der Waals surface area contributed by atoms with E-state index in [1.807, 2.05) is 13.1 Å². The van der Waals surface area contributed by atoms with E-state index < -0.39 is 0 Å². The van der Waals surface area contributed by atoms with E-state index in [0.717, 1.165) is 24.1 Å². The normalized spacial score (nSPS) is 10.8. The van der Waals surface area contributed by atoms with Crippen LogP contribution in [0.2, 0.25) is 0 Å². The van der Waals surface area contributed by atoms with Crippen LogP contribution in [0.15, 0.2) is 24.5 Å². The number of H-pyrrole nitrogens is 1. The molecule has 0 saturated carbocycles. The number of rotatable bonds is 4. The van der Waals surface area contributed by atoms with Gasteiger partial charge in [-0.05, 0) is 25.2 Å². The summed E-state index contributed by atoms with van der Waals surface area (Å²) in [6, 6.07) is 6.26. The predicted octanol–water partition coefficient (Wildman–Crippen LogP) is 1.22. The first-order chi connectivity index (χ1) is 7.31. The van der Waals surface area contributed by atoms with Crippen LogP contribution >= 0.6 is 0 Å². The van der Waals surface area contributed by atoms with E-state index in [9.17, 15) is 0 Å². The van der Waals surface area contributed by atoms with Crippen LogP contribution in [-0.4, -0.2) is 37.2 Å². The Morgan fingerprint density at radius 3 is 3.13 bits per heavy atom. The van der Waals surface area contributed by atoms with Crippen LogP contribution in [0, 0.1) is 0 Å². The van der Waals surface area contributed by atoms with Crippen LogP contribution in [-0.2, 0) is 0 Å². The quantitative estimate of drug-likeness (QED) is 0.787. The maximum absolute atomic E-state index is 4.19. The monoisotopic (exact) mass is 204 g/mol. The fourth-order valence-electron chi connectivity index (χ4n) is 1.57. The highest BCUT2D eigenvalue weighted by molar-refractivity contribution is 5.78. The zero-order chi connectivity index (χ0) is 10.7. The van der Waals surface area contributed by atoms with Crippen molar-refractivity contribution >= 4 is 16.7 Å². The maximum atomic E-state index is 4.19. The molecule has 0 bridgehead atoms. The van der Waals surface area contributed by atoms with Crippen molar-refractivity contribution in [3.8, 4) is 0 Å². The number of fused-ring (bicyclic) bond motifs is 1. The molecule has 0 unspecified atom stereocenters. The Morgan fingerprint density at radius 1 is 1.47 bits per heavy atom. The van der Waals surface area contributed by atoms with E-state index >= 15 is 0 Å². The summed E-state index contributed by atoms with van der Waals surface area (Å²) in [5, 5.41) is 3.14. The predicted molar refractivity (Wildman–Crippen MR) is 63.3 cm³/mol. The molecule has 2 aromatic rings. The van der Waals surface area contributed by atoms with Crippen molar-refractivity contribution in [2.75, 3.05) is 32.1 Å². The molecule has 0 fully saturated rings. The molecule has 1 aromatic heterocycles. The summed E-state index contributed by atoms with van der Waals surface area (Å²) in [5.41, 5.74) is 3.31. The van der Waals surface area contributed by atoms with Crippen molar-refractivity contribution in [3.05, 3.63) is 24.5 Å². The Labute approximate surface area is 89.3 Å². The minimum atomic E-state index is 0.984. The van der Waals surface area contributed by atoms with Gasteiger partial charge in [-0.2, -0.15) is 0 Å². The number of anilines is 1. The van der Waals surface area contributed by atoms with E-state index in [1.54, 1.807) is 6.33 Å². The van der Waals surface area contributed by atoms with Crippen molar-refractivity contribution in [2.24, 2.45) is 0 Å². The van der Waals surface area contributed by atoms with Gasteiger partial charge in [0.15, 0.2) is 0 Å². The van der Waals surface area contributed by atoms with Crippen molar-refractivity contribution in [2.45, 2.75) is 0 Å². The van der Waals surface area contributed by atoms with E-state index in [2.05, 4.69) is 39.4 Å². The average molecular weight is 204 g/mol. The molecule has 0 aliphatic rings. The average Bonchev–Trinajstić information content (AvgIpc) is 2.72. The van der Waals surface area contributed by atoms with Crippen LogP contribution in [0.1, 0.15) is 0 Å². The molecule has 1 aromatic carbocycles. The fourth-order valence-corrected chi connectivity index (χ4v) is 1.57. The maximum Gasteiger partial charge on any atom is 0.0931 e. The van der Waals surface area contributed by atoms with E-state index in [4.69, 9.17) is 0 Å².